The maximum absolute atomic E-state index is 12.8. The number of halogens is 1. The van der Waals surface area contributed by atoms with Crippen LogP contribution >= 0.6 is 15.9 Å². The Hall–Kier alpha value is -1.74. The van der Waals surface area contributed by atoms with E-state index in [2.05, 4.69) is 20.9 Å². The number of sulfone groups is 1. The van der Waals surface area contributed by atoms with Gasteiger partial charge in [0, 0.05) is 17.1 Å². The van der Waals surface area contributed by atoms with Gasteiger partial charge in [-0.25, -0.2) is 13.4 Å². The average Bonchev–Trinajstić information content (AvgIpc) is 2.95. The summed E-state index contributed by atoms with van der Waals surface area (Å²) in [7, 11) is -3.09. The third-order valence-electron chi connectivity index (χ3n) is 4.53. The Balaban J connectivity index is 1.87. The molecule has 3 rings (SSSR count). The van der Waals surface area contributed by atoms with Crippen LogP contribution < -0.4 is 5.56 Å². The van der Waals surface area contributed by atoms with Crippen molar-refractivity contribution < 1.29 is 13.2 Å². The second-order valence-electron chi connectivity index (χ2n) is 6.48. The molecule has 0 radical (unpaired) electrons. The number of fused-ring (bicyclic) bond motifs is 1. The number of carbonyl (C=O) groups excluding carboxylic acids is 1. The molecule has 0 N–H and O–H groups in total. The van der Waals surface area contributed by atoms with Gasteiger partial charge in [-0.3, -0.25) is 14.2 Å². The molecule has 1 aliphatic heterocycles. The lowest BCUT2D eigenvalue weighted by Gasteiger charge is -2.28. The van der Waals surface area contributed by atoms with E-state index in [0.29, 0.717) is 23.9 Å². The van der Waals surface area contributed by atoms with E-state index in [-0.39, 0.29) is 35.6 Å². The highest BCUT2D eigenvalue weighted by Crippen LogP contribution is 2.19. The Morgan fingerprint density at radius 1 is 1.42 bits per heavy atom. The Morgan fingerprint density at radius 2 is 2.19 bits per heavy atom. The predicted octanol–water partition coefficient (Wildman–Crippen LogP) is 1.58. The molecule has 1 fully saturated rings. The topological polar surface area (TPSA) is 89.3 Å². The van der Waals surface area contributed by atoms with Gasteiger partial charge in [-0.05, 0) is 31.0 Å². The zero-order valence-corrected chi connectivity index (χ0v) is 16.8. The van der Waals surface area contributed by atoms with Crippen LogP contribution in [-0.2, 0) is 21.2 Å². The van der Waals surface area contributed by atoms with Crippen molar-refractivity contribution in [1.82, 2.24) is 14.5 Å². The molecule has 1 saturated heterocycles. The fourth-order valence-corrected chi connectivity index (χ4v) is 5.35. The van der Waals surface area contributed by atoms with Gasteiger partial charge in [0.1, 0.15) is 6.54 Å². The van der Waals surface area contributed by atoms with Gasteiger partial charge in [-0.1, -0.05) is 22.9 Å². The van der Waals surface area contributed by atoms with E-state index in [0.717, 1.165) is 10.9 Å². The number of hydrogen-bond donors (Lipinski definition) is 0. The number of aromatic nitrogens is 2. The monoisotopic (exact) mass is 441 g/mol. The fraction of sp³-hybridized carbons (Fsp3) is 0.471. The Labute approximate surface area is 160 Å². The number of amides is 1. The van der Waals surface area contributed by atoms with Crippen molar-refractivity contribution in [1.29, 1.82) is 0 Å². The van der Waals surface area contributed by atoms with Gasteiger partial charge in [0.2, 0.25) is 5.91 Å². The molecule has 1 amide bonds. The molecule has 1 aliphatic rings. The summed E-state index contributed by atoms with van der Waals surface area (Å²) >= 11 is 3.33. The molecule has 2 heterocycles. The molecule has 0 aliphatic carbocycles. The number of hydrogen-bond acceptors (Lipinski definition) is 5. The average molecular weight is 442 g/mol. The summed E-state index contributed by atoms with van der Waals surface area (Å²) < 4.78 is 25.6. The van der Waals surface area contributed by atoms with Crippen LogP contribution in [0.4, 0.5) is 0 Å². The van der Waals surface area contributed by atoms with Crippen LogP contribution in [-0.4, -0.2) is 52.9 Å². The first-order valence-corrected chi connectivity index (χ1v) is 11.1. The van der Waals surface area contributed by atoms with E-state index in [1.807, 2.05) is 6.92 Å². The van der Waals surface area contributed by atoms with Crippen molar-refractivity contribution in [2.45, 2.75) is 32.4 Å². The van der Waals surface area contributed by atoms with E-state index >= 15 is 0 Å². The number of benzene rings is 1. The van der Waals surface area contributed by atoms with Crippen molar-refractivity contribution in [3.63, 3.8) is 0 Å². The van der Waals surface area contributed by atoms with Crippen LogP contribution in [0.1, 0.15) is 19.8 Å². The van der Waals surface area contributed by atoms with Crippen LogP contribution in [0.5, 0.6) is 0 Å². The Morgan fingerprint density at radius 3 is 2.85 bits per heavy atom. The van der Waals surface area contributed by atoms with E-state index in [1.54, 1.807) is 23.1 Å². The summed E-state index contributed by atoms with van der Waals surface area (Å²) in [4.78, 5) is 31.3. The van der Waals surface area contributed by atoms with Crippen LogP contribution in [0.15, 0.2) is 33.8 Å². The summed E-state index contributed by atoms with van der Waals surface area (Å²) in [5, 5.41) is 0.431. The summed E-state index contributed by atoms with van der Waals surface area (Å²) in [6.07, 6.45) is 2.54. The van der Waals surface area contributed by atoms with Crippen molar-refractivity contribution in [2.75, 3.05) is 18.1 Å². The maximum Gasteiger partial charge on any atom is 0.261 e. The molecular formula is C17H20BrN3O4S. The highest BCUT2D eigenvalue weighted by molar-refractivity contribution is 9.10. The largest absolute Gasteiger partial charge is 0.337 e. The zero-order valence-electron chi connectivity index (χ0n) is 14.4. The van der Waals surface area contributed by atoms with Crippen molar-refractivity contribution in [3.8, 4) is 0 Å². The lowest BCUT2D eigenvalue weighted by Crippen LogP contribution is -2.44. The van der Waals surface area contributed by atoms with Crippen molar-refractivity contribution in [2.24, 2.45) is 0 Å². The highest BCUT2D eigenvalue weighted by Gasteiger charge is 2.34. The second kappa shape index (κ2) is 7.48. The summed E-state index contributed by atoms with van der Waals surface area (Å²) in [6.45, 7) is 2.26. The first kappa shape index (κ1) is 19.0. The molecule has 1 unspecified atom stereocenters. The fourth-order valence-electron chi connectivity index (χ4n) is 3.25. The summed E-state index contributed by atoms with van der Waals surface area (Å²) in [5.74, 6) is -0.153. The van der Waals surface area contributed by atoms with Crippen molar-refractivity contribution >= 4 is 42.6 Å². The van der Waals surface area contributed by atoms with Gasteiger partial charge in [-0.2, -0.15) is 0 Å². The van der Waals surface area contributed by atoms with Gasteiger partial charge in [0.25, 0.3) is 5.56 Å². The van der Waals surface area contributed by atoms with E-state index in [1.165, 1.54) is 10.9 Å². The van der Waals surface area contributed by atoms with E-state index in [9.17, 15) is 18.0 Å². The smallest absolute Gasteiger partial charge is 0.261 e. The second-order valence-corrected chi connectivity index (χ2v) is 9.63. The summed E-state index contributed by atoms with van der Waals surface area (Å²) in [5.41, 5.74) is 0.273. The van der Waals surface area contributed by atoms with Crippen LogP contribution in [0.25, 0.3) is 10.9 Å². The molecule has 1 aromatic carbocycles. The molecule has 7 nitrogen and oxygen atoms in total. The molecule has 1 aromatic heterocycles. The zero-order chi connectivity index (χ0) is 18.9. The minimum Gasteiger partial charge on any atom is -0.337 e. The third kappa shape index (κ3) is 3.98. The first-order chi connectivity index (χ1) is 12.3. The molecule has 26 heavy (non-hydrogen) atoms. The predicted molar refractivity (Wildman–Crippen MR) is 103 cm³/mol. The molecule has 0 spiro atoms. The lowest BCUT2D eigenvalue weighted by atomic mass is 10.2. The minimum absolute atomic E-state index is 0.00342. The van der Waals surface area contributed by atoms with Gasteiger partial charge in [0.15, 0.2) is 9.84 Å². The maximum atomic E-state index is 12.8. The lowest BCUT2D eigenvalue weighted by molar-refractivity contribution is -0.133. The van der Waals surface area contributed by atoms with Gasteiger partial charge < -0.3 is 4.90 Å². The quantitative estimate of drug-likeness (QED) is 0.702. The molecule has 2 aromatic rings. The standard InChI is InChI=1S/C17H20BrN3O4S/c1-2-6-21(13-5-7-26(24,25)10-13)16(22)9-20-11-19-15-4-3-12(18)8-14(15)17(20)23/h3-4,8,11,13H,2,5-7,9-10H2,1H3. The molecule has 0 bridgehead atoms. The Bertz CT molecular complexity index is 1000. The van der Waals surface area contributed by atoms with E-state index in [4.69, 9.17) is 0 Å². The van der Waals surface area contributed by atoms with Gasteiger partial charge in [-0.15, -0.1) is 0 Å². The van der Waals surface area contributed by atoms with Crippen molar-refractivity contribution in [3.05, 3.63) is 39.4 Å². The Kier molecular flexibility index (Phi) is 5.47. The molecular weight excluding hydrogens is 422 g/mol. The van der Waals surface area contributed by atoms with Crippen LogP contribution in [0, 0.1) is 0 Å². The van der Waals surface area contributed by atoms with Gasteiger partial charge in [0.05, 0.1) is 28.7 Å². The van der Waals surface area contributed by atoms with E-state index < -0.39 is 9.84 Å². The van der Waals surface area contributed by atoms with Crippen LogP contribution in [0.3, 0.4) is 0 Å². The van der Waals surface area contributed by atoms with Gasteiger partial charge >= 0.3 is 0 Å². The normalized spacial score (nSPS) is 18.9. The van der Waals surface area contributed by atoms with Crippen LogP contribution in [0.2, 0.25) is 0 Å². The molecule has 9 heteroatoms. The minimum atomic E-state index is -3.09. The SMILES string of the molecule is CCCN(C(=O)Cn1cnc2ccc(Br)cc2c1=O)C1CCS(=O)(=O)C1. The molecule has 1 atom stereocenters. The number of rotatable bonds is 5. The number of nitrogens with zero attached hydrogens (tertiary/aromatic N) is 3. The molecule has 0 saturated carbocycles. The highest BCUT2D eigenvalue weighted by atomic mass is 79.9. The first-order valence-electron chi connectivity index (χ1n) is 8.45. The third-order valence-corrected chi connectivity index (χ3v) is 6.77. The molecule has 140 valence electrons. The number of carbonyl (C=O) groups is 1. The summed E-state index contributed by atoms with van der Waals surface area (Å²) in [6, 6.07) is 4.90.